The van der Waals surface area contributed by atoms with Gasteiger partial charge in [0, 0.05) is 19.4 Å². The lowest BCUT2D eigenvalue weighted by molar-refractivity contribution is -0.122. The number of aryl methyl sites for hydroxylation is 1. The molecule has 0 bridgehead atoms. The first-order valence-corrected chi connectivity index (χ1v) is 8.89. The summed E-state index contributed by atoms with van der Waals surface area (Å²) in [6, 6.07) is 16.3. The molecule has 2 aromatic carbocycles. The van der Waals surface area contributed by atoms with Crippen molar-refractivity contribution in [3.63, 3.8) is 0 Å². The van der Waals surface area contributed by atoms with E-state index in [0.29, 0.717) is 16.7 Å². The largest absolute Gasteiger partial charge is 0.341 e. The summed E-state index contributed by atoms with van der Waals surface area (Å²) in [7, 11) is 1.88. The number of rotatable bonds is 5. The molecular weight excluding hydrogens is 354 g/mol. The van der Waals surface area contributed by atoms with Crippen molar-refractivity contribution in [2.45, 2.75) is 12.6 Å². The molecule has 2 heterocycles. The lowest BCUT2D eigenvalue weighted by Crippen LogP contribution is -2.36. The molecule has 0 saturated carbocycles. The molecule has 0 aliphatic carbocycles. The van der Waals surface area contributed by atoms with Crippen LogP contribution in [0, 0.1) is 0 Å². The summed E-state index contributed by atoms with van der Waals surface area (Å²) in [5.74, 6) is 0.416. The highest BCUT2D eigenvalue weighted by atomic mass is 16.2. The van der Waals surface area contributed by atoms with E-state index in [0.717, 1.165) is 5.56 Å². The summed E-state index contributed by atoms with van der Waals surface area (Å²) in [4.78, 5) is 34.0. The van der Waals surface area contributed by atoms with Gasteiger partial charge in [0.2, 0.25) is 5.91 Å². The van der Waals surface area contributed by atoms with Crippen LogP contribution in [0.5, 0.6) is 0 Å². The van der Waals surface area contributed by atoms with Crippen LogP contribution in [0.3, 0.4) is 0 Å². The van der Waals surface area contributed by atoms with E-state index >= 15 is 0 Å². The summed E-state index contributed by atoms with van der Waals surface area (Å²) >= 11 is 0. The predicted molar refractivity (Wildman–Crippen MR) is 106 cm³/mol. The molecule has 1 amide bonds. The minimum absolute atomic E-state index is 0.121. The van der Waals surface area contributed by atoms with Crippen molar-refractivity contribution >= 4 is 16.8 Å². The maximum atomic E-state index is 12.8. The van der Waals surface area contributed by atoms with Gasteiger partial charge in [-0.2, -0.15) is 0 Å². The van der Waals surface area contributed by atoms with Crippen LogP contribution in [0.1, 0.15) is 17.4 Å². The van der Waals surface area contributed by atoms with E-state index in [4.69, 9.17) is 0 Å². The Hall–Kier alpha value is -3.74. The molecule has 0 spiro atoms. The van der Waals surface area contributed by atoms with Gasteiger partial charge in [0.25, 0.3) is 5.56 Å². The average molecular weight is 373 g/mol. The van der Waals surface area contributed by atoms with Crippen molar-refractivity contribution in [3.8, 4) is 0 Å². The first-order valence-electron chi connectivity index (χ1n) is 8.89. The van der Waals surface area contributed by atoms with Gasteiger partial charge in [-0.15, -0.1) is 0 Å². The number of carbonyl (C=O) groups is 1. The normalized spacial score (nSPS) is 12.0. The zero-order valence-corrected chi connectivity index (χ0v) is 15.3. The number of hydrogen-bond donors (Lipinski definition) is 1. The zero-order chi connectivity index (χ0) is 19.5. The molecule has 1 atom stereocenters. The molecule has 7 heteroatoms. The number of fused-ring (bicyclic) bond motifs is 1. The number of benzene rings is 2. The summed E-state index contributed by atoms with van der Waals surface area (Å²) in [5.41, 5.74) is 1.28. The van der Waals surface area contributed by atoms with Gasteiger partial charge in [0.1, 0.15) is 18.4 Å². The molecule has 0 aliphatic heterocycles. The van der Waals surface area contributed by atoms with Crippen LogP contribution in [0.25, 0.3) is 10.9 Å². The minimum Gasteiger partial charge on any atom is -0.341 e. The molecule has 7 nitrogen and oxygen atoms in total. The van der Waals surface area contributed by atoms with Crippen LogP contribution in [0.2, 0.25) is 0 Å². The Bertz CT molecular complexity index is 1180. The number of nitrogens with zero attached hydrogens (tertiary/aromatic N) is 4. The van der Waals surface area contributed by atoms with Crippen LogP contribution in [-0.2, 0) is 18.4 Å². The Morgan fingerprint density at radius 1 is 1.07 bits per heavy atom. The monoisotopic (exact) mass is 373 g/mol. The van der Waals surface area contributed by atoms with Gasteiger partial charge in [-0.1, -0.05) is 42.5 Å². The second-order valence-electron chi connectivity index (χ2n) is 6.50. The van der Waals surface area contributed by atoms with E-state index < -0.39 is 6.04 Å². The van der Waals surface area contributed by atoms with E-state index in [1.807, 2.05) is 54.2 Å². The predicted octanol–water partition coefficient (Wildman–Crippen LogP) is 2.04. The van der Waals surface area contributed by atoms with E-state index in [1.165, 1.54) is 10.9 Å². The highest BCUT2D eigenvalue weighted by Crippen LogP contribution is 2.20. The third-order valence-corrected chi connectivity index (χ3v) is 4.60. The molecule has 1 unspecified atom stereocenters. The molecule has 28 heavy (non-hydrogen) atoms. The summed E-state index contributed by atoms with van der Waals surface area (Å²) in [6.45, 7) is -0.121. The van der Waals surface area contributed by atoms with Gasteiger partial charge >= 0.3 is 0 Å². The molecule has 4 aromatic rings. The number of hydrogen-bond acceptors (Lipinski definition) is 4. The fourth-order valence-electron chi connectivity index (χ4n) is 3.18. The Balaban J connectivity index is 1.61. The molecule has 0 aliphatic rings. The maximum absolute atomic E-state index is 12.8. The first kappa shape index (κ1) is 17.7. The second-order valence-corrected chi connectivity index (χ2v) is 6.50. The highest BCUT2D eigenvalue weighted by molar-refractivity contribution is 5.79. The van der Waals surface area contributed by atoms with Crippen molar-refractivity contribution in [1.82, 2.24) is 24.4 Å². The molecular formula is C21H19N5O2. The number of imidazole rings is 1. The van der Waals surface area contributed by atoms with Gasteiger partial charge in [-0.05, 0) is 17.7 Å². The van der Waals surface area contributed by atoms with Crippen LogP contribution in [0.4, 0.5) is 0 Å². The lowest BCUT2D eigenvalue weighted by Gasteiger charge is -2.19. The van der Waals surface area contributed by atoms with Crippen molar-refractivity contribution in [2.24, 2.45) is 7.05 Å². The van der Waals surface area contributed by atoms with E-state index in [1.54, 1.807) is 24.4 Å². The quantitative estimate of drug-likeness (QED) is 0.580. The van der Waals surface area contributed by atoms with Crippen LogP contribution < -0.4 is 10.9 Å². The fraction of sp³-hybridized carbons (Fsp3) is 0.143. The number of nitrogens with one attached hydrogen (secondary N) is 1. The van der Waals surface area contributed by atoms with Crippen molar-refractivity contribution in [2.75, 3.05) is 0 Å². The first-order chi connectivity index (χ1) is 13.6. The average Bonchev–Trinajstić information content (AvgIpc) is 3.15. The Kier molecular flexibility index (Phi) is 4.72. The number of para-hydroxylation sites is 1. The van der Waals surface area contributed by atoms with E-state index in [-0.39, 0.29) is 18.0 Å². The summed E-state index contributed by atoms with van der Waals surface area (Å²) in [5, 5.41) is 3.48. The van der Waals surface area contributed by atoms with E-state index in [2.05, 4.69) is 15.3 Å². The molecule has 140 valence electrons. The lowest BCUT2D eigenvalue weighted by atomic mass is 10.1. The topological polar surface area (TPSA) is 81.8 Å². The molecule has 0 saturated heterocycles. The summed E-state index contributed by atoms with van der Waals surface area (Å²) in [6.07, 6.45) is 4.92. The summed E-state index contributed by atoms with van der Waals surface area (Å²) < 4.78 is 3.18. The van der Waals surface area contributed by atoms with Gasteiger partial charge in [0.05, 0.1) is 17.2 Å². The van der Waals surface area contributed by atoms with Crippen LogP contribution in [-0.4, -0.2) is 25.0 Å². The molecule has 4 rings (SSSR count). The van der Waals surface area contributed by atoms with Gasteiger partial charge in [-0.3, -0.25) is 14.2 Å². The van der Waals surface area contributed by atoms with Crippen LogP contribution in [0.15, 0.2) is 78.1 Å². The SMILES string of the molecule is Cn1ccnc1C(NC(=O)Cn1cnc2ccccc2c1=O)c1ccccc1. The number of carbonyl (C=O) groups excluding carboxylic acids is 1. The van der Waals surface area contributed by atoms with Crippen LogP contribution >= 0.6 is 0 Å². The van der Waals surface area contributed by atoms with Crippen molar-refractivity contribution in [3.05, 3.63) is 95.1 Å². The Morgan fingerprint density at radius 3 is 2.57 bits per heavy atom. The third kappa shape index (κ3) is 3.42. The molecule has 0 radical (unpaired) electrons. The van der Waals surface area contributed by atoms with Gasteiger partial charge < -0.3 is 9.88 Å². The zero-order valence-electron chi connectivity index (χ0n) is 15.3. The fourth-order valence-corrected chi connectivity index (χ4v) is 3.18. The Morgan fingerprint density at radius 2 is 1.82 bits per heavy atom. The third-order valence-electron chi connectivity index (χ3n) is 4.60. The van der Waals surface area contributed by atoms with Gasteiger partial charge in [0.15, 0.2) is 0 Å². The second kappa shape index (κ2) is 7.48. The maximum Gasteiger partial charge on any atom is 0.261 e. The minimum atomic E-state index is -0.419. The molecule has 2 aromatic heterocycles. The standard InChI is InChI=1S/C21H19N5O2/c1-25-12-11-22-20(25)19(15-7-3-2-4-8-15)24-18(27)13-26-14-23-17-10-6-5-9-16(17)21(26)28/h2-12,14,19H,13H2,1H3,(H,24,27). The van der Waals surface area contributed by atoms with Crippen molar-refractivity contribution < 1.29 is 4.79 Å². The number of amides is 1. The molecule has 0 fully saturated rings. The van der Waals surface area contributed by atoms with Crippen molar-refractivity contribution in [1.29, 1.82) is 0 Å². The van der Waals surface area contributed by atoms with Gasteiger partial charge in [-0.25, -0.2) is 9.97 Å². The van der Waals surface area contributed by atoms with E-state index in [9.17, 15) is 9.59 Å². The molecule has 1 N–H and O–H groups in total. The number of aromatic nitrogens is 4. The highest BCUT2D eigenvalue weighted by Gasteiger charge is 2.21. The Labute approximate surface area is 161 Å². The smallest absolute Gasteiger partial charge is 0.261 e.